The van der Waals surface area contributed by atoms with E-state index in [9.17, 15) is 0 Å². The van der Waals surface area contributed by atoms with Gasteiger partial charge < -0.3 is 15.4 Å². The summed E-state index contributed by atoms with van der Waals surface area (Å²) >= 11 is 5.27. The van der Waals surface area contributed by atoms with Crippen molar-refractivity contribution in [3.05, 3.63) is 59.7 Å². The van der Waals surface area contributed by atoms with Crippen molar-refractivity contribution in [3.63, 3.8) is 0 Å². The van der Waals surface area contributed by atoms with Gasteiger partial charge in [-0.05, 0) is 49.0 Å². The normalized spacial score (nSPS) is 9.90. The van der Waals surface area contributed by atoms with Crippen molar-refractivity contribution in [1.29, 1.82) is 0 Å². The number of thiocarbonyl (C=S) groups is 1. The molecular formula is C16H18N2OS. The Hall–Kier alpha value is -2.07. The van der Waals surface area contributed by atoms with Gasteiger partial charge in [-0.3, -0.25) is 0 Å². The average molecular weight is 286 g/mol. The molecule has 0 saturated carbocycles. The SMILES string of the molecule is COc1ccc(NC(=S)NCc2ccc(C)cc2)cc1. The molecule has 20 heavy (non-hydrogen) atoms. The van der Waals surface area contributed by atoms with Gasteiger partial charge in [0.15, 0.2) is 5.11 Å². The van der Waals surface area contributed by atoms with Crippen LogP contribution in [0.2, 0.25) is 0 Å². The summed E-state index contributed by atoms with van der Waals surface area (Å²) in [6.45, 7) is 2.79. The molecule has 2 N–H and O–H groups in total. The molecule has 0 atom stereocenters. The number of anilines is 1. The highest BCUT2D eigenvalue weighted by Gasteiger charge is 1.99. The van der Waals surface area contributed by atoms with E-state index in [0.717, 1.165) is 11.4 Å². The molecule has 0 aliphatic carbocycles. The van der Waals surface area contributed by atoms with Crippen LogP contribution in [0.15, 0.2) is 48.5 Å². The van der Waals surface area contributed by atoms with Crippen LogP contribution in [0.25, 0.3) is 0 Å². The topological polar surface area (TPSA) is 33.3 Å². The van der Waals surface area contributed by atoms with Gasteiger partial charge in [-0.1, -0.05) is 29.8 Å². The third-order valence-corrected chi connectivity index (χ3v) is 3.17. The van der Waals surface area contributed by atoms with E-state index in [-0.39, 0.29) is 0 Å². The molecule has 0 amide bonds. The second-order valence-corrected chi connectivity index (χ2v) is 4.93. The monoisotopic (exact) mass is 286 g/mol. The molecule has 0 bridgehead atoms. The van der Waals surface area contributed by atoms with Crippen molar-refractivity contribution in [1.82, 2.24) is 5.32 Å². The summed E-state index contributed by atoms with van der Waals surface area (Å²) in [7, 11) is 1.65. The summed E-state index contributed by atoms with van der Waals surface area (Å²) in [6, 6.07) is 16.0. The van der Waals surface area contributed by atoms with Crippen molar-refractivity contribution < 1.29 is 4.74 Å². The van der Waals surface area contributed by atoms with Crippen molar-refractivity contribution >= 4 is 23.0 Å². The zero-order chi connectivity index (χ0) is 14.4. The molecular weight excluding hydrogens is 268 g/mol. The Labute approximate surface area is 125 Å². The smallest absolute Gasteiger partial charge is 0.171 e. The molecule has 0 fully saturated rings. The quantitative estimate of drug-likeness (QED) is 0.843. The van der Waals surface area contributed by atoms with E-state index in [1.54, 1.807) is 7.11 Å². The molecule has 0 aromatic heterocycles. The minimum absolute atomic E-state index is 0.607. The molecule has 3 nitrogen and oxygen atoms in total. The summed E-state index contributed by atoms with van der Waals surface area (Å²) in [5.41, 5.74) is 3.40. The van der Waals surface area contributed by atoms with Gasteiger partial charge >= 0.3 is 0 Å². The fourth-order valence-electron chi connectivity index (χ4n) is 1.74. The Bertz CT molecular complexity index is 564. The van der Waals surface area contributed by atoms with Crippen LogP contribution in [-0.2, 0) is 6.54 Å². The van der Waals surface area contributed by atoms with Crippen LogP contribution >= 0.6 is 12.2 Å². The molecule has 0 radical (unpaired) electrons. The van der Waals surface area contributed by atoms with Gasteiger partial charge in [0.05, 0.1) is 7.11 Å². The Morgan fingerprint density at radius 3 is 2.30 bits per heavy atom. The lowest BCUT2D eigenvalue weighted by molar-refractivity contribution is 0.415. The number of methoxy groups -OCH3 is 1. The van der Waals surface area contributed by atoms with Gasteiger partial charge in [0, 0.05) is 12.2 Å². The van der Waals surface area contributed by atoms with Crippen LogP contribution in [-0.4, -0.2) is 12.2 Å². The van der Waals surface area contributed by atoms with Gasteiger partial charge in [-0.15, -0.1) is 0 Å². The van der Waals surface area contributed by atoms with Crippen LogP contribution in [0.4, 0.5) is 5.69 Å². The molecule has 0 saturated heterocycles. The largest absolute Gasteiger partial charge is 0.497 e. The summed E-state index contributed by atoms with van der Waals surface area (Å²) in [6.07, 6.45) is 0. The molecule has 104 valence electrons. The Kier molecular flexibility index (Phi) is 4.96. The molecule has 2 rings (SSSR count). The minimum atomic E-state index is 0.607. The van der Waals surface area contributed by atoms with Gasteiger partial charge in [0.1, 0.15) is 5.75 Å². The number of nitrogens with one attached hydrogen (secondary N) is 2. The van der Waals surface area contributed by atoms with E-state index in [2.05, 4.69) is 41.8 Å². The van der Waals surface area contributed by atoms with E-state index in [4.69, 9.17) is 17.0 Å². The number of rotatable bonds is 4. The molecule has 4 heteroatoms. The highest BCUT2D eigenvalue weighted by Crippen LogP contribution is 2.14. The second kappa shape index (κ2) is 6.91. The Morgan fingerprint density at radius 2 is 1.70 bits per heavy atom. The van der Waals surface area contributed by atoms with Gasteiger partial charge in [-0.25, -0.2) is 0 Å². The predicted molar refractivity (Wildman–Crippen MR) is 87.2 cm³/mol. The third kappa shape index (κ3) is 4.24. The first-order valence-electron chi connectivity index (χ1n) is 6.42. The highest BCUT2D eigenvalue weighted by molar-refractivity contribution is 7.80. The fourth-order valence-corrected chi connectivity index (χ4v) is 1.93. The first-order chi connectivity index (χ1) is 9.67. The summed E-state index contributed by atoms with van der Waals surface area (Å²) in [4.78, 5) is 0. The van der Waals surface area contributed by atoms with Crippen molar-refractivity contribution in [2.45, 2.75) is 13.5 Å². The maximum atomic E-state index is 5.27. The summed E-state index contributed by atoms with van der Waals surface area (Å²) in [5.74, 6) is 0.828. The zero-order valence-electron chi connectivity index (χ0n) is 11.6. The lowest BCUT2D eigenvalue weighted by Gasteiger charge is -2.11. The first-order valence-corrected chi connectivity index (χ1v) is 6.82. The maximum absolute atomic E-state index is 5.27. The lowest BCUT2D eigenvalue weighted by Crippen LogP contribution is -2.27. The fraction of sp³-hybridized carbons (Fsp3) is 0.188. The minimum Gasteiger partial charge on any atom is -0.497 e. The van der Waals surface area contributed by atoms with E-state index < -0.39 is 0 Å². The highest BCUT2D eigenvalue weighted by atomic mass is 32.1. The van der Waals surface area contributed by atoms with Crippen LogP contribution in [0.5, 0.6) is 5.75 Å². The van der Waals surface area contributed by atoms with Crippen molar-refractivity contribution in [2.24, 2.45) is 0 Å². The summed E-state index contributed by atoms with van der Waals surface area (Å²) < 4.78 is 5.11. The average Bonchev–Trinajstić information content (AvgIpc) is 2.47. The van der Waals surface area contributed by atoms with E-state index in [1.165, 1.54) is 11.1 Å². The van der Waals surface area contributed by atoms with Crippen LogP contribution in [0.3, 0.4) is 0 Å². The molecule has 0 heterocycles. The molecule has 0 spiro atoms. The zero-order valence-corrected chi connectivity index (χ0v) is 12.5. The Morgan fingerprint density at radius 1 is 1.05 bits per heavy atom. The van der Waals surface area contributed by atoms with Crippen molar-refractivity contribution in [3.8, 4) is 5.75 Å². The van der Waals surface area contributed by atoms with Crippen molar-refractivity contribution in [2.75, 3.05) is 12.4 Å². The van der Waals surface area contributed by atoms with E-state index in [0.29, 0.717) is 11.7 Å². The van der Waals surface area contributed by atoms with Crippen LogP contribution < -0.4 is 15.4 Å². The first kappa shape index (κ1) is 14.3. The number of hydrogen-bond acceptors (Lipinski definition) is 2. The lowest BCUT2D eigenvalue weighted by atomic mass is 10.1. The van der Waals surface area contributed by atoms with Gasteiger partial charge in [0.25, 0.3) is 0 Å². The molecule has 0 unspecified atom stereocenters. The number of hydrogen-bond donors (Lipinski definition) is 2. The second-order valence-electron chi connectivity index (χ2n) is 4.52. The van der Waals surface area contributed by atoms with Gasteiger partial charge in [0.2, 0.25) is 0 Å². The predicted octanol–water partition coefficient (Wildman–Crippen LogP) is 3.49. The number of ether oxygens (including phenoxy) is 1. The van der Waals surface area contributed by atoms with E-state index in [1.807, 2.05) is 24.3 Å². The van der Waals surface area contributed by atoms with Gasteiger partial charge in [-0.2, -0.15) is 0 Å². The standard InChI is InChI=1S/C16H18N2OS/c1-12-3-5-13(6-4-12)11-17-16(20)18-14-7-9-15(19-2)10-8-14/h3-10H,11H2,1-2H3,(H2,17,18,20). The maximum Gasteiger partial charge on any atom is 0.171 e. The summed E-state index contributed by atoms with van der Waals surface area (Å²) in [5, 5.41) is 6.93. The van der Waals surface area contributed by atoms with Crippen LogP contribution in [0, 0.1) is 6.92 Å². The number of aryl methyl sites for hydroxylation is 1. The molecule has 2 aromatic rings. The number of benzene rings is 2. The third-order valence-electron chi connectivity index (χ3n) is 2.92. The molecule has 0 aliphatic rings. The Balaban J connectivity index is 1.84. The van der Waals surface area contributed by atoms with E-state index >= 15 is 0 Å². The molecule has 0 aliphatic heterocycles. The van der Waals surface area contributed by atoms with Crippen LogP contribution in [0.1, 0.15) is 11.1 Å². The molecule has 2 aromatic carbocycles.